The second kappa shape index (κ2) is 8.66. The maximum absolute atomic E-state index is 13.5. The van der Waals surface area contributed by atoms with Crippen molar-refractivity contribution in [2.75, 3.05) is 45.2 Å². The summed E-state index contributed by atoms with van der Waals surface area (Å²) >= 11 is 0. The fourth-order valence-electron chi connectivity index (χ4n) is 4.43. The number of rotatable bonds is 4. The highest BCUT2D eigenvalue weighted by Gasteiger charge is 2.32. The Hall–Kier alpha value is -3.33. The predicted molar refractivity (Wildman–Crippen MR) is 126 cm³/mol. The van der Waals surface area contributed by atoms with Crippen molar-refractivity contribution < 1.29 is 4.79 Å². The number of hydrogen-bond donors (Lipinski definition) is 1. The molecule has 0 atom stereocenters. The van der Waals surface area contributed by atoms with Crippen molar-refractivity contribution in [1.29, 1.82) is 0 Å². The van der Waals surface area contributed by atoms with Crippen molar-refractivity contribution in [1.82, 2.24) is 23.9 Å². The van der Waals surface area contributed by atoms with Gasteiger partial charge in [0.05, 0.1) is 5.52 Å². The maximum Gasteiger partial charge on any atom is 0.331 e. The van der Waals surface area contributed by atoms with E-state index in [9.17, 15) is 14.4 Å². The largest absolute Gasteiger partial charge is 0.356 e. The molecule has 0 bridgehead atoms. The minimum atomic E-state index is -0.448. The Morgan fingerprint density at radius 1 is 1.00 bits per heavy atom. The standard InChI is InChI=1S/C23H30N6O3/c1-25(2)21(30)17-18-19(22(31)27(4)23(32)26(18)3)29(15-16-9-6-5-7-10-16)20(17)28-13-8-11-24-12-14-28/h5-7,9-10,24H,8,11-15H2,1-4H3. The third-order valence-corrected chi connectivity index (χ3v) is 6.07. The van der Waals surface area contributed by atoms with E-state index < -0.39 is 11.2 Å². The molecule has 3 aromatic rings. The van der Waals surface area contributed by atoms with Gasteiger partial charge in [0.2, 0.25) is 0 Å². The Morgan fingerprint density at radius 3 is 2.41 bits per heavy atom. The Labute approximate surface area is 186 Å². The van der Waals surface area contributed by atoms with Crippen LogP contribution in [0.3, 0.4) is 0 Å². The van der Waals surface area contributed by atoms with E-state index in [4.69, 9.17) is 0 Å². The number of aromatic nitrogens is 3. The summed E-state index contributed by atoms with van der Waals surface area (Å²) in [6.07, 6.45) is 0.916. The van der Waals surface area contributed by atoms with Crippen LogP contribution in [-0.2, 0) is 20.6 Å². The van der Waals surface area contributed by atoms with Gasteiger partial charge in [0, 0.05) is 54.4 Å². The van der Waals surface area contributed by atoms with Gasteiger partial charge in [-0.05, 0) is 18.5 Å². The first kappa shape index (κ1) is 21.9. The number of carbonyl (C=O) groups is 1. The topological polar surface area (TPSA) is 84.5 Å². The summed E-state index contributed by atoms with van der Waals surface area (Å²) in [5, 5.41) is 3.40. The zero-order chi connectivity index (χ0) is 23.0. The van der Waals surface area contributed by atoms with Crippen LogP contribution in [0, 0.1) is 0 Å². The van der Waals surface area contributed by atoms with Crippen LogP contribution in [0.2, 0.25) is 0 Å². The number of hydrogen-bond acceptors (Lipinski definition) is 5. The molecule has 1 fully saturated rings. The Bertz CT molecular complexity index is 1260. The van der Waals surface area contributed by atoms with Gasteiger partial charge in [0.25, 0.3) is 11.5 Å². The molecule has 1 amide bonds. The third kappa shape index (κ3) is 3.62. The maximum atomic E-state index is 13.5. The third-order valence-electron chi connectivity index (χ3n) is 6.07. The van der Waals surface area contributed by atoms with Crippen LogP contribution in [0.4, 0.5) is 5.82 Å². The summed E-state index contributed by atoms with van der Waals surface area (Å²) in [6.45, 7) is 3.55. The lowest BCUT2D eigenvalue weighted by molar-refractivity contribution is 0.0829. The highest BCUT2D eigenvalue weighted by atomic mass is 16.2. The number of amides is 1. The van der Waals surface area contributed by atoms with E-state index in [0.717, 1.165) is 36.2 Å². The van der Waals surface area contributed by atoms with Crippen molar-refractivity contribution in [3.05, 3.63) is 62.3 Å². The van der Waals surface area contributed by atoms with E-state index in [-0.39, 0.29) is 5.91 Å². The molecular weight excluding hydrogens is 408 g/mol. The van der Waals surface area contributed by atoms with Crippen LogP contribution in [0.1, 0.15) is 22.3 Å². The van der Waals surface area contributed by atoms with Gasteiger partial charge >= 0.3 is 5.69 Å². The number of aryl methyl sites for hydroxylation is 1. The number of nitrogens with one attached hydrogen (secondary N) is 1. The van der Waals surface area contributed by atoms with Crippen molar-refractivity contribution in [2.24, 2.45) is 14.1 Å². The summed E-state index contributed by atoms with van der Waals surface area (Å²) in [4.78, 5) is 43.4. The molecule has 2 aromatic heterocycles. The molecule has 9 nitrogen and oxygen atoms in total. The van der Waals surface area contributed by atoms with Crippen molar-refractivity contribution in [2.45, 2.75) is 13.0 Å². The molecule has 4 rings (SSSR count). The first-order valence-corrected chi connectivity index (χ1v) is 10.9. The van der Waals surface area contributed by atoms with Gasteiger partial charge in [-0.3, -0.25) is 18.7 Å². The average molecular weight is 439 g/mol. The lowest BCUT2D eigenvalue weighted by Crippen LogP contribution is -2.38. The molecule has 9 heteroatoms. The predicted octanol–water partition coefficient (Wildman–Crippen LogP) is 0.589. The smallest absolute Gasteiger partial charge is 0.331 e. The van der Waals surface area contributed by atoms with E-state index >= 15 is 0 Å². The normalized spacial score (nSPS) is 14.6. The number of benzene rings is 1. The highest BCUT2D eigenvalue weighted by Crippen LogP contribution is 2.33. The molecule has 0 saturated carbocycles. The fraction of sp³-hybridized carbons (Fsp3) is 0.435. The van der Waals surface area contributed by atoms with Crippen LogP contribution < -0.4 is 21.5 Å². The Kier molecular flexibility index (Phi) is 5.92. The molecule has 1 aliphatic rings. The molecule has 32 heavy (non-hydrogen) atoms. The van der Waals surface area contributed by atoms with Crippen molar-refractivity contribution in [3.63, 3.8) is 0 Å². The number of fused-ring (bicyclic) bond motifs is 1. The fourth-order valence-corrected chi connectivity index (χ4v) is 4.43. The zero-order valence-corrected chi connectivity index (χ0v) is 19.1. The highest BCUT2D eigenvalue weighted by molar-refractivity contribution is 6.10. The molecule has 170 valence electrons. The summed E-state index contributed by atoms with van der Waals surface area (Å²) < 4.78 is 4.46. The minimum absolute atomic E-state index is 0.225. The summed E-state index contributed by atoms with van der Waals surface area (Å²) in [5.74, 6) is 0.474. The molecule has 0 unspecified atom stereocenters. The molecular formula is C23H30N6O3. The summed E-state index contributed by atoms with van der Waals surface area (Å²) in [5.41, 5.74) is 1.33. The van der Waals surface area contributed by atoms with Crippen LogP contribution >= 0.6 is 0 Å². The second-order valence-corrected chi connectivity index (χ2v) is 8.46. The van der Waals surface area contributed by atoms with E-state index in [1.54, 1.807) is 21.1 Å². The summed E-state index contributed by atoms with van der Waals surface area (Å²) in [6, 6.07) is 9.86. The SMILES string of the molecule is CN(C)C(=O)c1c(N2CCCNCC2)n(Cc2ccccc2)c2c(=O)n(C)c(=O)n(C)c12. The average Bonchev–Trinajstić information content (AvgIpc) is 2.93. The summed E-state index contributed by atoms with van der Waals surface area (Å²) in [7, 11) is 6.48. The number of carbonyl (C=O) groups excluding carboxylic acids is 1. The first-order chi connectivity index (χ1) is 15.3. The van der Waals surface area contributed by atoms with E-state index in [1.165, 1.54) is 16.5 Å². The van der Waals surface area contributed by atoms with Crippen LogP contribution in [-0.4, -0.2) is 64.8 Å². The van der Waals surface area contributed by atoms with Gasteiger partial charge in [0.15, 0.2) is 0 Å². The monoisotopic (exact) mass is 438 g/mol. The first-order valence-electron chi connectivity index (χ1n) is 10.9. The quantitative estimate of drug-likeness (QED) is 0.645. The molecule has 1 saturated heterocycles. The van der Waals surface area contributed by atoms with Crippen LogP contribution in [0.15, 0.2) is 39.9 Å². The molecule has 1 N–H and O–H groups in total. The molecule has 1 aromatic carbocycles. The Morgan fingerprint density at radius 2 is 1.72 bits per heavy atom. The molecule has 0 radical (unpaired) electrons. The lowest BCUT2D eigenvalue weighted by atomic mass is 10.2. The lowest BCUT2D eigenvalue weighted by Gasteiger charge is -2.26. The molecule has 3 heterocycles. The van der Waals surface area contributed by atoms with Gasteiger partial charge in [-0.25, -0.2) is 4.79 Å². The second-order valence-electron chi connectivity index (χ2n) is 8.46. The van der Waals surface area contributed by atoms with Gasteiger partial charge in [-0.2, -0.15) is 0 Å². The van der Waals surface area contributed by atoms with Crippen molar-refractivity contribution in [3.8, 4) is 0 Å². The van der Waals surface area contributed by atoms with E-state index in [1.807, 2.05) is 34.9 Å². The van der Waals surface area contributed by atoms with Crippen molar-refractivity contribution >= 4 is 22.8 Å². The van der Waals surface area contributed by atoms with Crippen LogP contribution in [0.25, 0.3) is 11.0 Å². The van der Waals surface area contributed by atoms with Gasteiger partial charge in [-0.1, -0.05) is 30.3 Å². The van der Waals surface area contributed by atoms with E-state index in [2.05, 4.69) is 10.2 Å². The molecule has 0 aliphatic carbocycles. The van der Waals surface area contributed by atoms with Crippen LogP contribution in [0.5, 0.6) is 0 Å². The van der Waals surface area contributed by atoms with Gasteiger partial charge in [-0.15, -0.1) is 0 Å². The number of nitrogens with zero attached hydrogens (tertiary/aromatic N) is 5. The van der Waals surface area contributed by atoms with Gasteiger partial charge < -0.3 is 19.7 Å². The zero-order valence-electron chi connectivity index (χ0n) is 19.1. The number of anilines is 1. The molecule has 0 spiro atoms. The van der Waals surface area contributed by atoms with Gasteiger partial charge in [0.1, 0.15) is 16.9 Å². The van der Waals surface area contributed by atoms with E-state index in [0.29, 0.717) is 35.5 Å². The minimum Gasteiger partial charge on any atom is -0.356 e. The molecule has 1 aliphatic heterocycles. The Balaban J connectivity index is 2.14.